The van der Waals surface area contributed by atoms with E-state index in [1.807, 2.05) is 0 Å². The standard InChI is InChI=1S/C14H15N2O3/c1-14(2,19)8-16-11(12(15)17)7-9-5-3-4-6-10(9)13(16)18/h3-4,6-7,19H,8H2,1-2H3,(H2,15,17). The molecule has 19 heavy (non-hydrogen) atoms. The molecule has 2 aromatic rings. The molecule has 0 aliphatic carbocycles. The molecule has 0 atom stereocenters. The van der Waals surface area contributed by atoms with Crippen LogP contribution >= 0.6 is 0 Å². The molecule has 1 amide bonds. The van der Waals surface area contributed by atoms with Gasteiger partial charge in [0.2, 0.25) is 0 Å². The molecule has 0 saturated carbocycles. The second-order valence-corrected chi connectivity index (χ2v) is 5.10. The Morgan fingerprint density at radius 1 is 1.53 bits per heavy atom. The molecule has 0 aliphatic heterocycles. The van der Waals surface area contributed by atoms with Crippen molar-refractivity contribution in [1.82, 2.24) is 4.57 Å². The summed E-state index contributed by atoms with van der Waals surface area (Å²) < 4.78 is 1.21. The molecule has 5 heteroatoms. The molecule has 0 saturated heterocycles. The van der Waals surface area contributed by atoms with Gasteiger partial charge in [-0.15, -0.1) is 0 Å². The second kappa shape index (κ2) is 4.51. The highest BCUT2D eigenvalue weighted by Crippen LogP contribution is 2.13. The summed E-state index contributed by atoms with van der Waals surface area (Å²) in [6, 6.07) is 9.42. The first-order valence-electron chi connectivity index (χ1n) is 5.86. The van der Waals surface area contributed by atoms with E-state index in [2.05, 4.69) is 6.07 Å². The number of amides is 1. The minimum atomic E-state index is -1.12. The number of nitrogens with zero attached hydrogens (tertiary/aromatic N) is 1. The normalized spacial score (nSPS) is 11.7. The maximum Gasteiger partial charge on any atom is 0.265 e. The predicted molar refractivity (Wildman–Crippen MR) is 71.9 cm³/mol. The zero-order valence-electron chi connectivity index (χ0n) is 10.8. The number of fused-ring (bicyclic) bond motifs is 1. The molecule has 5 nitrogen and oxygen atoms in total. The molecular formula is C14H15N2O3. The summed E-state index contributed by atoms with van der Waals surface area (Å²) in [5, 5.41) is 10.8. The number of carbonyl (C=O) groups excluding carboxylic acids is 1. The van der Waals surface area contributed by atoms with E-state index in [-0.39, 0.29) is 17.8 Å². The van der Waals surface area contributed by atoms with Gasteiger partial charge in [-0.3, -0.25) is 9.59 Å². The van der Waals surface area contributed by atoms with Crippen molar-refractivity contribution in [2.75, 3.05) is 0 Å². The van der Waals surface area contributed by atoms with Crippen molar-refractivity contribution in [3.8, 4) is 0 Å². The van der Waals surface area contributed by atoms with Gasteiger partial charge in [-0.2, -0.15) is 0 Å². The van der Waals surface area contributed by atoms with Gasteiger partial charge in [0.25, 0.3) is 11.5 Å². The molecule has 99 valence electrons. The Balaban J connectivity index is 2.79. The van der Waals surface area contributed by atoms with Crippen LogP contribution in [0.3, 0.4) is 0 Å². The van der Waals surface area contributed by atoms with Crippen molar-refractivity contribution in [3.05, 3.63) is 46.4 Å². The summed E-state index contributed by atoms with van der Waals surface area (Å²) in [6.45, 7) is 3.12. The highest BCUT2D eigenvalue weighted by atomic mass is 16.3. The van der Waals surface area contributed by atoms with E-state index in [1.165, 1.54) is 10.6 Å². The van der Waals surface area contributed by atoms with Gasteiger partial charge in [0.15, 0.2) is 0 Å². The van der Waals surface area contributed by atoms with Crippen molar-refractivity contribution < 1.29 is 9.90 Å². The maximum atomic E-state index is 12.4. The smallest absolute Gasteiger partial charge is 0.265 e. The van der Waals surface area contributed by atoms with Crippen LogP contribution in [0.4, 0.5) is 0 Å². The maximum absolute atomic E-state index is 12.4. The van der Waals surface area contributed by atoms with Crippen LogP contribution in [0.15, 0.2) is 29.1 Å². The van der Waals surface area contributed by atoms with Crippen LogP contribution in [0.1, 0.15) is 24.3 Å². The van der Waals surface area contributed by atoms with Crippen molar-refractivity contribution in [2.45, 2.75) is 26.0 Å². The molecule has 1 aromatic carbocycles. The quantitative estimate of drug-likeness (QED) is 0.849. The van der Waals surface area contributed by atoms with E-state index in [0.717, 1.165) is 0 Å². The van der Waals surface area contributed by atoms with E-state index < -0.39 is 11.5 Å². The number of pyridine rings is 1. The summed E-state index contributed by atoms with van der Waals surface area (Å²) in [6.07, 6.45) is 0. The number of primary amides is 1. The molecule has 1 radical (unpaired) electrons. The first-order chi connectivity index (χ1) is 8.79. The van der Waals surface area contributed by atoms with Gasteiger partial charge in [-0.05, 0) is 37.4 Å². The third kappa shape index (κ3) is 2.66. The van der Waals surface area contributed by atoms with Crippen molar-refractivity contribution in [3.63, 3.8) is 0 Å². The van der Waals surface area contributed by atoms with E-state index >= 15 is 0 Å². The van der Waals surface area contributed by atoms with Crippen LogP contribution in [0, 0.1) is 6.07 Å². The zero-order valence-corrected chi connectivity index (χ0v) is 10.8. The van der Waals surface area contributed by atoms with Gasteiger partial charge in [0.1, 0.15) is 5.69 Å². The van der Waals surface area contributed by atoms with Gasteiger partial charge in [0.05, 0.1) is 12.1 Å². The third-order valence-corrected chi connectivity index (χ3v) is 2.73. The fraction of sp³-hybridized carbons (Fsp3) is 0.286. The summed E-state index contributed by atoms with van der Waals surface area (Å²) in [5.41, 5.74) is 3.89. The van der Waals surface area contributed by atoms with E-state index in [4.69, 9.17) is 5.73 Å². The fourth-order valence-electron chi connectivity index (χ4n) is 1.97. The second-order valence-electron chi connectivity index (χ2n) is 5.10. The Labute approximate surface area is 110 Å². The largest absolute Gasteiger partial charge is 0.389 e. The van der Waals surface area contributed by atoms with Gasteiger partial charge in [-0.1, -0.05) is 12.1 Å². The average Bonchev–Trinajstić information content (AvgIpc) is 2.31. The number of aromatic nitrogens is 1. The summed E-state index contributed by atoms with van der Waals surface area (Å²) in [5.74, 6) is -0.708. The Bertz CT molecular complexity index is 696. The molecule has 2 rings (SSSR count). The third-order valence-electron chi connectivity index (χ3n) is 2.73. The van der Waals surface area contributed by atoms with Crippen LogP contribution in [0.2, 0.25) is 0 Å². The lowest BCUT2D eigenvalue weighted by Gasteiger charge is -2.21. The Kier molecular flexibility index (Phi) is 3.16. The minimum absolute atomic E-state index is 0.00502. The SMILES string of the molecule is CC(C)(O)Cn1c(C(N)=O)cc2[c]cccc2c1=O. The number of rotatable bonds is 3. The Morgan fingerprint density at radius 3 is 2.79 bits per heavy atom. The molecule has 0 spiro atoms. The first-order valence-corrected chi connectivity index (χ1v) is 5.86. The van der Waals surface area contributed by atoms with Crippen molar-refractivity contribution >= 4 is 16.7 Å². The monoisotopic (exact) mass is 259 g/mol. The number of hydrogen-bond acceptors (Lipinski definition) is 3. The highest BCUT2D eigenvalue weighted by Gasteiger charge is 2.20. The minimum Gasteiger partial charge on any atom is -0.389 e. The Hall–Kier alpha value is -2.14. The van der Waals surface area contributed by atoms with E-state index in [0.29, 0.717) is 10.8 Å². The number of hydrogen-bond donors (Lipinski definition) is 2. The molecule has 0 bridgehead atoms. The molecule has 0 fully saturated rings. The van der Waals surface area contributed by atoms with Gasteiger partial charge >= 0.3 is 0 Å². The lowest BCUT2D eigenvalue weighted by atomic mass is 10.1. The first kappa shape index (κ1) is 13.3. The number of benzene rings is 1. The van der Waals surface area contributed by atoms with Crippen molar-refractivity contribution in [2.24, 2.45) is 5.73 Å². The molecule has 1 aromatic heterocycles. The van der Waals surface area contributed by atoms with Crippen LogP contribution in [0.25, 0.3) is 10.8 Å². The molecule has 3 N–H and O–H groups in total. The van der Waals surface area contributed by atoms with Gasteiger partial charge < -0.3 is 15.4 Å². The lowest BCUT2D eigenvalue weighted by molar-refractivity contribution is 0.0594. The van der Waals surface area contributed by atoms with E-state index in [9.17, 15) is 14.7 Å². The van der Waals surface area contributed by atoms with Crippen LogP contribution in [-0.2, 0) is 6.54 Å². The van der Waals surface area contributed by atoms with Crippen molar-refractivity contribution in [1.29, 1.82) is 0 Å². The molecular weight excluding hydrogens is 244 g/mol. The van der Waals surface area contributed by atoms with Crippen LogP contribution in [0.5, 0.6) is 0 Å². The lowest BCUT2D eigenvalue weighted by Crippen LogP contribution is -2.37. The molecule has 0 unspecified atom stereocenters. The summed E-state index contributed by atoms with van der Waals surface area (Å²) >= 11 is 0. The van der Waals surface area contributed by atoms with Crippen LogP contribution in [-0.4, -0.2) is 21.2 Å². The van der Waals surface area contributed by atoms with E-state index in [1.54, 1.807) is 32.0 Å². The zero-order chi connectivity index (χ0) is 14.2. The number of carbonyl (C=O) groups is 1. The van der Waals surface area contributed by atoms with Gasteiger partial charge in [0, 0.05) is 5.39 Å². The van der Waals surface area contributed by atoms with Crippen LogP contribution < -0.4 is 11.3 Å². The summed E-state index contributed by atoms with van der Waals surface area (Å²) in [7, 11) is 0. The molecule has 0 aliphatic rings. The highest BCUT2D eigenvalue weighted by molar-refractivity contribution is 5.95. The predicted octanol–water partition coefficient (Wildman–Crippen LogP) is 0.671. The Morgan fingerprint density at radius 2 is 2.21 bits per heavy atom. The fourth-order valence-corrected chi connectivity index (χ4v) is 1.97. The topological polar surface area (TPSA) is 85.3 Å². The van der Waals surface area contributed by atoms with Gasteiger partial charge in [-0.25, -0.2) is 0 Å². The average molecular weight is 259 g/mol. The number of aliphatic hydroxyl groups is 1. The summed E-state index contributed by atoms with van der Waals surface area (Å²) in [4.78, 5) is 23.8. The molecule has 1 heterocycles. The number of nitrogens with two attached hydrogens (primary N) is 1.